The van der Waals surface area contributed by atoms with Crippen LogP contribution in [0.25, 0.3) is 16.6 Å². The van der Waals surface area contributed by atoms with Gasteiger partial charge in [-0.25, -0.2) is 4.79 Å². The van der Waals surface area contributed by atoms with E-state index in [-0.39, 0.29) is 5.56 Å². The number of nitrogens with zero attached hydrogens (tertiary/aromatic N) is 3. The molecule has 0 saturated heterocycles. The van der Waals surface area contributed by atoms with Crippen molar-refractivity contribution in [1.29, 1.82) is 0 Å². The van der Waals surface area contributed by atoms with Crippen LogP contribution in [0.1, 0.15) is 16.1 Å². The summed E-state index contributed by atoms with van der Waals surface area (Å²) >= 11 is 7.57. The molecule has 0 amide bonds. The molecule has 0 aliphatic carbocycles. The zero-order chi connectivity index (χ0) is 22.3. The Balaban J connectivity index is 1.83. The van der Waals surface area contributed by atoms with E-state index < -0.39 is 18.7 Å². The van der Waals surface area contributed by atoms with Gasteiger partial charge < -0.3 is 9.67 Å². The summed E-state index contributed by atoms with van der Waals surface area (Å²) in [5.74, 6) is -1.02. The second kappa shape index (κ2) is 7.97. The van der Waals surface area contributed by atoms with Gasteiger partial charge in [0.1, 0.15) is 6.54 Å². The first-order chi connectivity index (χ1) is 14.6. The van der Waals surface area contributed by atoms with E-state index in [1.807, 2.05) is 13.0 Å². The standard InChI is InChI=1S/C21H15ClF3N3O2S/c1-12-19(31-16-4-2-3-13(7-16)20(29)30)17-6-5-14(22)8-18(17)28(12)15-9-26-27(10-15)11-21(23,24)25/h2-10H,11H2,1H3,(H,29,30). The minimum absolute atomic E-state index is 0.169. The molecule has 0 bridgehead atoms. The number of carbonyl (C=O) groups is 1. The van der Waals surface area contributed by atoms with Crippen molar-refractivity contribution in [3.05, 3.63) is 71.1 Å². The molecule has 2 heterocycles. The maximum absolute atomic E-state index is 12.7. The number of aromatic carboxylic acids is 1. The molecule has 1 N–H and O–H groups in total. The van der Waals surface area contributed by atoms with Gasteiger partial charge in [0.15, 0.2) is 0 Å². The van der Waals surface area contributed by atoms with Crippen molar-refractivity contribution in [1.82, 2.24) is 14.3 Å². The summed E-state index contributed by atoms with van der Waals surface area (Å²) in [6.07, 6.45) is -1.67. The van der Waals surface area contributed by atoms with Crippen LogP contribution in [0.2, 0.25) is 5.02 Å². The normalized spacial score (nSPS) is 11.9. The fourth-order valence-corrected chi connectivity index (χ4v) is 4.63. The van der Waals surface area contributed by atoms with Gasteiger partial charge >= 0.3 is 12.1 Å². The highest BCUT2D eigenvalue weighted by Crippen LogP contribution is 2.40. The number of benzene rings is 2. The lowest BCUT2D eigenvalue weighted by Crippen LogP contribution is -2.17. The van der Waals surface area contributed by atoms with E-state index >= 15 is 0 Å². The Morgan fingerprint density at radius 2 is 2.00 bits per heavy atom. The average Bonchev–Trinajstić information content (AvgIpc) is 3.22. The van der Waals surface area contributed by atoms with Gasteiger partial charge in [0.25, 0.3) is 0 Å². The van der Waals surface area contributed by atoms with Gasteiger partial charge in [-0.2, -0.15) is 18.3 Å². The van der Waals surface area contributed by atoms with E-state index in [0.717, 1.165) is 25.6 Å². The molecule has 2 aromatic heterocycles. The lowest BCUT2D eigenvalue weighted by Gasteiger charge is -2.07. The topological polar surface area (TPSA) is 60.0 Å². The fourth-order valence-electron chi connectivity index (χ4n) is 3.37. The molecular formula is C21H15ClF3N3O2S. The molecule has 5 nitrogen and oxygen atoms in total. The van der Waals surface area contributed by atoms with Gasteiger partial charge in [0, 0.05) is 32.1 Å². The van der Waals surface area contributed by atoms with E-state index in [4.69, 9.17) is 11.6 Å². The Morgan fingerprint density at radius 3 is 2.71 bits per heavy atom. The number of rotatable bonds is 5. The average molecular weight is 466 g/mol. The Kier molecular flexibility index (Phi) is 5.49. The zero-order valence-electron chi connectivity index (χ0n) is 16.0. The maximum Gasteiger partial charge on any atom is 0.408 e. The fraction of sp³-hybridized carbons (Fsp3) is 0.143. The van der Waals surface area contributed by atoms with Crippen LogP contribution in [-0.4, -0.2) is 31.6 Å². The number of carboxylic acids is 1. The molecule has 0 saturated carbocycles. The molecule has 0 fully saturated rings. The predicted molar refractivity (Wildman–Crippen MR) is 112 cm³/mol. The Morgan fingerprint density at radius 1 is 1.23 bits per heavy atom. The molecule has 0 spiro atoms. The van der Waals surface area contributed by atoms with Crippen LogP contribution in [0.5, 0.6) is 0 Å². The van der Waals surface area contributed by atoms with Gasteiger partial charge in [-0.15, -0.1) is 0 Å². The van der Waals surface area contributed by atoms with E-state index in [0.29, 0.717) is 16.2 Å². The van der Waals surface area contributed by atoms with Crippen LogP contribution < -0.4 is 0 Å². The molecule has 2 aromatic carbocycles. The van der Waals surface area contributed by atoms with Crippen molar-refractivity contribution >= 4 is 40.2 Å². The molecule has 160 valence electrons. The lowest BCUT2D eigenvalue weighted by molar-refractivity contribution is -0.142. The molecule has 31 heavy (non-hydrogen) atoms. The Bertz CT molecular complexity index is 1300. The molecule has 0 unspecified atom stereocenters. The van der Waals surface area contributed by atoms with E-state index in [1.165, 1.54) is 30.2 Å². The van der Waals surface area contributed by atoms with Crippen molar-refractivity contribution in [3.63, 3.8) is 0 Å². The van der Waals surface area contributed by atoms with Gasteiger partial charge in [0.2, 0.25) is 0 Å². The molecular weight excluding hydrogens is 451 g/mol. The minimum atomic E-state index is -4.38. The SMILES string of the molecule is Cc1c(Sc2cccc(C(=O)O)c2)c2ccc(Cl)cc2n1-c1cnn(CC(F)(F)F)c1. The second-order valence-corrected chi connectivity index (χ2v) is 8.38. The van der Waals surface area contributed by atoms with Gasteiger partial charge in [0.05, 0.1) is 23.0 Å². The maximum atomic E-state index is 12.7. The van der Waals surface area contributed by atoms with Crippen molar-refractivity contribution in [2.24, 2.45) is 0 Å². The summed E-state index contributed by atoms with van der Waals surface area (Å²) in [6.45, 7) is 0.661. The van der Waals surface area contributed by atoms with Gasteiger partial charge in [-0.1, -0.05) is 35.5 Å². The van der Waals surface area contributed by atoms with E-state index in [2.05, 4.69) is 5.10 Å². The molecule has 4 rings (SSSR count). The monoisotopic (exact) mass is 465 g/mol. The van der Waals surface area contributed by atoms with Gasteiger partial charge in [-0.05, 0) is 37.3 Å². The third kappa shape index (κ3) is 4.42. The molecule has 0 aliphatic heterocycles. The summed E-state index contributed by atoms with van der Waals surface area (Å²) in [7, 11) is 0. The highest BCUT2D eigenvalue weighted by atomic mass is 35.5. The Labute approximate surface area is 184 Å². The number of hydrogen-bond donors (Lipinski definition) is 1. The van der Waals surface area contributed by atoms with Crippen molar-refractivity contribution in [3.8, 4) is 5.69 Å². The van der Waals surface area contributed by atoms with Crippen LogP contribution in [0.4, 0.5) is 13.2 Å². The summed E-state index contributed by atoms with van der Waals surface area (Å²) in [5, 5.41) is 14.4. The number of hydrogen-bond acceptors (Lipinski definition) is 3. The molecule has 0 aliphatic rings. The quantitative estimate of drug-likeness (QED) is 0.381. The number of alkyl halides is 3. The highest BCUT2D eigenvalue weighted by molar-refractivity contribution is 7.99. The number of halogens is 4. The number of carboxylic acid groups (broad SMARTS) is 1. The molecule has 10 heteroatoms. The van der Waals surface area contributed by atoms with Crippen molar-refractivity contribution < 1.29 is 23.1 Å². The number of fused-ring (bicyclic) bond motifs is 1. The van der Waals surface area contributed by atoms with Crippen molar-refractivity contribution in [2.45, 2.75) is 29.4 Å². The third-order valence-electron chi connectivity index (χ3n) is 4.63. The lowest BCUT2D eigenvalue weighted by atomic mass is 10.2. The summed E-state index contributed by atoms with van der Waals surface area (Å²) < 4.78 is 40.9. The molecule has 4 aromatic rings. The van der Waals surface area contributed by atoms with Crippen LogP contribution in [0.15, 0.2) is 64.6 Å². The summed E-state index contributed by atoms with van der Waals surface area (Å²) in [6, 6.07) is 11.9. The Hall–Kier alpha value is -2.91. The van der Waals surface area contributed by atoms with Crippen LogP contribution in [0.3, 0.4) is 0 Å². The van der Waals surface area contributed by atoms with Crippen LogP contribution in [-0.2, 0) is 6.54 Å². The largest absolute Gasteiger partial charge is 0.478 e. The predicted octanol–water partition coefficient (Wildman–Crippen LogP) is 6.20. The van der Waals surface area contributed by atoms with Crippen LogP contribution in [0, 0.1) is 6.92 Å². The third-order valence-corrected chi connectivity index (χ3v) is 6.07. The summed E-state index contributed by atoms with van der Waals surface area (Å²) in [4.78, 5) is 12.9. The first-order valence-corrected chi connectivity index (χ1v) is 10.2. The number of aromatic nitrogens is 3. The second-order valence-electron chi connectivity index (χ2n) is 6.86. The zero-order valence-corrected chi connectivity index (χ0v) is 17.6. The smallest absolute Gasteiger partial charge is 0.408 e. The van der Waals surface area contributed by atoms with E-state index in [1.54, 1.807) is 34.9 Å². The summed E-state index contributed by atoms with van der Waals surface area (Å²) in [5.41, 5.74) is 2.13. The molecule has 0 radical (unpaired) electrons. The first-order valence-electron chi connectivity index (χ1n) is 9.04. The van der Waals surface area contributed by atoms with Crippen molar-refractivity contribution in [2.75, 3.05) is 0 Å². The molecule has 0 atom stereocenters. The first kappa shape index (κ1) is 21.3. The van der Waals surface area contributed by atoms with Gasteiger partial charge in [-0.3, -0.25) is 4.68 Å². The minimum Gasteiger partial charge on any atom is -0.478 e. The van der Waals surface area contributed by atoms with E-state index in [9.17, 15) is 23.1 Å². The van der Waals surface area contributed by atoms with Crippen LogP contribution >= 0.6 is 23.4 Å². The highest BCUT2D eigenvalue weighted by Gasteiger charge is 2.28.